The van der Waals surface area contributed by atoms with Gasteiger partial charge in [-0.15, -0.1) is 0 Å². The first-order valence-electron chi connectivity index (χ1n) is 11.7. The van der Waals surface area contributed by atoms with Crippen LogP contribution in [0.2, 0.25) is 0 Å². The van der Waals surface area contributed by atoms with E-state index >= 15 is 0 Å². The van der Waals surface area contributed by atoms with Crippen molar-refractivity contribution in [1.82, 2.24) is 10.6 Å². The number of carbonyl (C=O) groups excluding carboxylic acids is 2. The lowest BCUT2D eigenvalue weighted by molar-refractivity contribution is -0.123. The summed E-state index contributed by atoms with van der Waals surface area (Å²) in [5, 5.41) is 4.39. The van der Waals surface area contributed by atoms with Gasteiger partial charge in [-0.25, -0.2) is 9.00 Å². The van der Waals surface area contributed by atoms with Crippen LogP contribution in [0.1, 0.15) is 57.6 Å². The molecule has 0 heterocycles. The Hall–Kier alpha value is -2.71. The summed E-state index contributed by atoms with van der Waals surface area (Å²) in [5.74, 6) is -0.328. The highest BCUT2D eigenvalue weighted by molar-refractivity contribution is 7.79. The smallest absolute Gasteiger partial charge is 0.407 e. The Kier molecular flexibility index (Phi) is 8.85. The molecule has 0 aliphatic heterocycles. The van der Waals surface area contributed by atoms with Gasteiger partial charge >= 0.3 is 6.09 Å². The van der Waals surface area contributed by atoms with Gasteiger partial charge in [-0.3, -0.25) is 4.79 Å². The van der Waals surface area contributed by atoms with Crippen LogP contribution in [0.5, 0.6) is 0 Å². The number of nitrogens with one attached hydrogen (secondary N) is 2. The van der Waals surface area contributed by atoms with Crippen molar-refractivity contribution in [3.05, 3.63) is 59.7 Å². The Morgan fingerprint density at radius 3 is 1.94 bits per heavy atom. The van der Waals surface area contributed by atoms with Gasteiger partial charge in [-0.2, -0.15) is 0 Å². The fourth-order valence-corrected chi connectivity index (χ4v) is 5.13. The molecule has 2 amide bonds. The van der Waals surface area contributed by atoms with Crippen LogP contribution in [-0.4, -0.2) is 38.8 Å². The van der Waals surface area contributed by atoms with Crippen molar-refractivity contribution in [2.75, 3.05) is 6.61 Å². The Morgan fingerprint density at radius 1 is 0.912 bits per heavy atom. The summed E-state index contributed by atoms with van der Waals surface area (Å²) in [6, 6.07) is 15.3. The lowest BCUT2D eigenvalue weighted by Crippen LogP contribution is -2.51. The molecule has 0 saturated carbocycles. The highest BCUT2D eigenvalue weighted by atomic mass is 32.2. The number of carbonyl (C=O) groups is 2. The molecule has 2 aromatic carbocycles. The lowest BCUT2D eigenvalue weighted by Gasteiger charge is -2.24. The molecule has 184 valence electrons. The van der Waals surface area contributed by atoms with Crippen molar-refractivity contribution < 1.29 is 23.1 Å². The number of amides is 2. The van der Waals surface area contributed by atoms with E-state index in [0.29, 0.717) is 12.8 Å². The lowest BCUT2D eigenvalue weighted by atomic mass is 9.98. The van der Waals surface area contributed by atoms with E-state index in [1.54, 1.807) is 0 Å². The summed E-state index contributed by atoms with van der Waals surface area (Å²) in [4.78, 5) is 25.6. The molecular weight excluding hydrogens is 452 g/mol. The first-order valence-corrected chi connectivity index (χ1v) is 12.9. The van der Waals surface area contributed by atoms with Gasteiger partial charge in [-0.05, 0) is 46.9 Å². The highest BCUT2D eigenvalue weighted by Gasteiger charge is 2.31. The second-order valence-electron chi connectivity index (χ2n) is 9.55. The Labute approximate surface area is 204 Å². The van der Waals surface area contributed by atoms with Crippen molar-refractivity contribution >= 4 is 23.1 Å². The van der Waals surface area contributed by atoms with E-state index in [1.165, 1.54) is 0 Å². The number of rotatable bonds is 10. The van der Waals surface area contributed by atoms with Gasteiger partial charge in [0, 0.05) is 5.92 Å². The summed E-state index contributed by atoms with van der Waals surface area (Å²) in [5.41, 5.74) is 4.49. The minimum atomic E-state index is -2.21. The van der Waals surface area contributed by atoms with E-state index in [1.807, 2.05) is 64.1 Å². The van der Waals surface area contributed by atoms with Gasteiger partial charge in [-0.1, -0.05) is 76.2 Å². The third-order valence-corrected chi connectivity index (χ3v) is 6.69. The Balaban J connectivity index is 1.66. The molecule has 1 unspecified atom stereocenters. The molecule has 2 aromatic rings. The summed E-state index contributed by atoms with van der Waals surface area (Å²) in [6.45, 7) is 7.84. The van der Waals surface area contributed by atoms with E-state index in [0.717, 1.165) is 22.3 Å². The zero-order chi connectivity index (χ0) is 24.8. The van der Waals surface area contributed by atoms with E-state index in [-0.39, 0.29) is 24.4 Å². The third-order valence-electron chi connectivity index (χ3n) is 5.89. The van der Waals surface area contributed by atoms with E-state index in [9.17, 15) is 18.4 Å². The monoisotopic (exact) mass is 486 g/mol. The number of hydrogen-bond acceptors (Lipinski definition) is 4. The maximum atomic E-state index is 12.9. The van der Waals surface area contributed by atoms with Crippen LogP contribution in [0, 0.1) is 11.8 Å². The molecule has 1 aliphatic carbocycles. The van der Waals surface area contributed by atoms with Crippen LogP contribution in [0.4, 0.5) is 4.79 Å². The predicted molar refractivity (Wildman–Crippen MR) is 134 cm³/mol. The standard InChI is InChI=1S/C26H34N2O5S/c1-16(2)13-23(25(29)28-24(34(31)32)14-17(3)4)27-26(30)33-15-22-20-11-7-5-9-18(20)19-10-6-8-12-21(19)22/h5-12,16-17,22-24H,13-15H2,1-4H3,(H,27,30)(H,28,29)(H,31,32)/t23-,24+/m0/s1. The molecule has 0 radical (unpaired) electrons. The highest BCUT2D eigenvalue weighted by Crippen LogP contribution is 2.44. The zero-order valence-corrected chi connectivity index (χ0v) is 20.9. The van der Waals surface area contributed by atoms with Crippen LogP contribution >= 0.6 is 0 Å². The zero-order valence-electron chi connectivity index (χ0n) is 20.1. The molecule has 0 saturated heterocycles. The maximum absolute atomic E-state index is 12.9. The normalized spacial score (nSPS) is 15.4. The quantitative estimate of drug-likeness (QED) is 0.424. The molecule has 0 spiro atoms. The van der Waals surface area contributed by atoms with Crippen LogP contribution in [0.25, 0.3) is 11.1 Å². The average Bonchev–Trinajstić information content (AvgIpc) is 3.10. The summed E-state index contributed by atoms with van der Waals surface area (Å²) >= 11 is -2.21. The van der Waals surface area contributed by atoms with Gasteiger partial charge < -0.3 is 19.9 Å². The molecule has 7 nitrogen and oxygen atoms in total. The molecule has 3 N–H and O–H groups in total. The summed E-state index contributed by atoms with van der Waals surface area (Å²) in [7, 11) is 0. The van der Waals surface area contributed by atoms with Crippen molar-refractivity contribution in [2.45, 2.75) is 57.9 Å². The van der Waals surface area contributed by atoms with Gasteiger partial charge in [0.2, 0.25) is 5.91 Å². The van der Waals surface area contributed by atoms with Gasteiger partial charge in [0.05, 0.1) is 0 Å². The van der Waals surface area contributed by atoms with E-state index in [2.05, 4.69) is 22.8 Å². The Morgan fingerprint density at radius 2 is 1.44 bits per heavy atom. The number of hydrogen-bond donors (Lipinski definition) is 3. The number of fused-ring (bicyclic) bond motifs is 3. The van der Waals surface area contributed by atoms with Crippen LogP contribution in [0.3, 0.4) is 0 Å². The minimum Gasteiger partial charge on any atom is -0.449 e. The molecule has 0 fully saturated rings. The van der Waals surface area contributed by atoms with Crippen molar-refractivity contribution in [3.63, 3.8) is 0 Å². The van der Waals surface area contributed by atoms with Crippen molar-refractivity contribution in [3.8, 4) is 11.1 Å². The SMILES string of the molecule is CC(C)C[C@H](NC(=O)OCC1c2ccccc2-c2ccccc21)C(=O)N[C@@H](CC(C)C)S(=O)O. The van der Waals surface area contributed by atoms with Crippen molar-refractivity contribution in [1.29, 1.82) is 0 Å². The van der Waals surface area contributed by atoms with Gasteiger partial charge in [0.1, 0.15) is 18.0 Å². The van der Waals surface area contributed by atoms with Crippen LogP contribution < -0.4 is 10.6 Å². The molecule has 8 heteroatoms. The van der Waals surface area contributed by atoms with Crippen LogP contribution in [0.15, 0.2) is 48.5 Å². The van der Waals surface area contributed by atoms with Crippen LogP contribution in [-0.2, 0) is 20.6 Å². The third kappa shape index (κ3) is 6.45. The molecule has 0 aromatic heterocycles. The van der Waals surface area contributed by atoms with Gasteiger partial charge in [0.25, 0.3) is 0 Å². The van der Waals surface area contributed by atoms with E-state index < -0.39 is 34.5 Å². The van der Waals surface area contributed by atoms with Crippen molar-refractivity contribution in [2.24, 2.45) is 11.8 Å². The maximum Gasteiger partial charge on any atom is 0.407 e. The second kappa shape index (κ2) is 11.6. The number of benzene rings is 2. The summed E-state index contributed by atoms with van der Waals surface area (Å²) < 4.78 is 26.8. The predicted octanol–water partition coefficient (Wildman–Crippen LogP) is 4.65. The second-order valence-corrected chi connectivity index (χ2v) is 10.7. The molecule has 0 bridgehead atoms. The average molecular weight is 487 g/mol. The molecule has 34 heavy (non-hydrogen) atoms. The fourth-order valence-electron chi connectivity index (χ4n) is 4.36. The topological polar surface area (TPSA) is 105 Å². The largest absolute Gasteiger partial charge is 0.449 e. The fraction of sp³-hybridized carbons (Fsp3) is 0.462. The molecule has 3 rings (SSSR count). The van der Waals surface area contributed by atoms with E-state index in [4.69, 9.17) is 4.74 Å². The molecular formula is C26H34N2O5S. The summed E-state index contributed by atoms with van der Waals surface area (Å²) in [6.07, 6.45) is 0.0460. The molecule has 1 aliphatic rings. The molecule has 3 atom stereocenters. The number of alkyl carbamates (subject to hydrolysis) is 1. The first kappa shape index (κ1) is 25.9. The number of ether oxygens (including phenoxy) is 1. The Bertz CT molecular complexity index is 994. The van der Waals surface area contributed by atoms with Gasteiger partial charge in [0.15, 0.2) is 11.1 Å². The first-order chi connectivity index (χ1) is 16.2. The minimum absolute atomic E-state index is 0.0808.